The lowest BCUT2D eigenvalue weighted by atomic mass is 10.1. The van der Waals surface area contributed by atoms with E-state index < -0.39 is 11.6 Å². The SMILES string of the molecule is COCCOCC(=O)N1CCC[C@@H]1C(=O)OC(C)(C)C. The Bertz CT molecular complexity index is 337. The van der Waals surface area contributed by atoms with Gasteiger partial charge >= 0.3 is 5.97 Å². The van der Waals surface area contributed by atoms with Crippen LogP contribution in [0.4, 0.5) is 0 Å². The van der Waals surface area contributed by atoms with Crippen LogP contribution in [0.1, 0.15) is 33.6 Å². The second-order valence-corrected chi connectivity index (χ2v) is 5.82. The fraction of sp³-hybridized carbons (Fsp3) is 0.857. The van der Waals surface area contributed by atoms with E-state index in [4.69, 9.17) is 14.2 Å². The molecule has 0 unspecified atom stereocenters. The molecule has 116 valence electrons. The molecule has 1 atom stereocenters. The minimum Gasteiger partial charge on any atom is -0.458 e. The number of esters is 1. The number of rotatable bonds is 6. The van der Waals surface area contributed by atoms with Crippen LogP contribution in [0.5, 0.6) is 0 Å². The van der Waals surface area contributed by atoms with Crippen molar-refractivity contribution in [2.75, 3.05) is 33.5 Å². The zero-order valence-electron chi connectivity index (χ0n) is 12.8. The molecule has 1 saturated heterocycles. The molecule has 0 N–H and O–H groups in total. The van der Waals surface area contributed by atoms with Gasteiger partial charge in [0.05, 0.1) is 13.2 Å². The van der Waals surface area contributed by atoms with Gasteiger partial charge in [0.2, 0.25) is 5.91 Å². The molecular weight excluding hydrogens is 262 g/mol. The molecular formula is C14H25NO5. The third-order valence-electron chi connectivity index (χ3n) is 2.91. The molecule has 1 heterocycles. The Balaban J connectivity index is 2.47. The summed E-state index contributed by atoms with van der Waals surface area (Å²) in [4.78, 5) is 25.7. The Labute approximate surface area is 120 Å². The van der Waals surface area contributed by atoms with E-state index in [1.807, 2.05) is 20.8 Å². The number of amides is 1. The van der Waals surface area contributed by atoms with Crippen LogP contribution in [0, 0.1) is 0 Å². The molecule has 0 spiro atoms. The van der Waals surface area contributed by atoms with E-state index in [0.29, 0.717) is 26.2 Å². The van der Waals surface area contributed by atoms with Crippen molar-refractivity contribution in [2.24, 2.45) is 0 Å². The molecule has 1 aliphatic heterocycles. The fourth-order valence-corrected chi connectivity index (χ4v) is 2.06. The Hall–Kier alpha value is -1.14. The summed E-state index contributed by atoms with van der Waals surface area (Å²) in [6, 6.07) is -0.479. The molecule has 0 aromatic heterocycles. The number of ether oxygens (including phenoxy) is 3. The minimum absolute atomic E-state index is 0.0251. The zero-order valence-corrected chi connectivity index (χ0v) is 12.8. The number of likely N-dealkylation sites (tertiary alicyclic amines) is 1. The van der Waals surface area contributed by atoms with E-state index in [9.17, 15) is 9.59 Å². The molecule has 0 aliphatic carbocycles. The standard InChI is InChI=1S/C14H25NO5/c1-14(2,3)20-13(17)11-6-5-7-15(11)12(16)10-19-9-8-18-4/h11H,5-10H2,1-4H3/t11-/m1/s1. The average molecular weight is 287 g/mol. The highest BCUT2D eigenvalue weighted by Gasteiger charge is 2.36. The summed E-state index contributed by atoms with van der Waals surface area (Å²) in [6.45, 7) is 6.83. The predicted octanol–water partition coefficient (Wildman–Crippen LogP) is 0.982. The van der Waals surface area contributed by atoms with Gasteiger partial charge in [-0.3, -0.25) is 4.79 Å². The summed E-state index contributed by atoms with van der Waals surface area (Å²) in [7, 11) is 1.57. The Morgan fingerprint density at radius 2 is 1.95 bits per heavy atom. The first-order chi connectivity index (χ1) is 9.35. The predicted molar refractivity (Wildman–Crippen MR) is 73.3 cm³/mol. The minimum atomic E-state index is -0.538. The van der Waals surface area contributed by atoms with Gasteiger partial charge in [-0.25, -0.2) is 4.79 Å². The summed E-state index contributed by atoms with van der Waals surface area (Å²) in [6.07, 6.45) is 1.46. The summed E-state index contributed by atoms with van der Waals surface area (Å²) < 4.78 is 15.4. The van der Waals surface area contributed by atoms with Crippen molar-refractivity contribution in [1.29, 1.82) is 0 Å². The van der Waals surface area contributed by atoms with Gasteiger partial charge in [-0.05, 0) is 33.6 Å². The first kappa shape index (κ1) is 16.9. The van der Waals surface area contributed by atoms with Crippen molar-refractivity contribution in [3.05, 3.63) is 0 Å². The number of methoxy groups -OCH3 is 1. The van der Waals surface area contributed by atoms with E-state index in [1.165, 1.54) is 0 Å². The quantitative estimate of drug-likeness (QED) is 0.538. The molecule has 0 aromatic carbocycles. The lowest BCUT2D eigenvalue weighted by molar-refractivity contribution is -0.164. The van der Waals surface area contributed by atoms with E-state index >= 15 is 0 Å². The number of carbonyl (C=O) groups is 2. The maximum atomic E-state index is 12.1. The highest BCUT2D eigenvalue weighted by molar-refractivity contribution is 5.86. The van der Waals surface area contributed by atoms with Gasteiger partial charge in [0.1, 0.15) is 18.2 Å². The van der Waals surface area contributed by atoms with Gasteiger partial charge in [0, 0.05) is 13.7 Å². The maximum Gasteiger partial charge on any atom is 0.329 e. The van der Waals surface area contributed by atoms with Crippen LogP contribution in [-0.2, 0) is 23.8 Å². The largest absolute Gasteiger partial charge is 0.458 e. The zero-order chi connectivity index (χ0) is 15.2. The topological polar surface area (TPSA) is 65.1 Å². The molecule has 1 aliphatic rings. The molecule has 6 heteroatoms. The van der Waals surface area contributed by atoms with Crippen molar-refractivity contribution in [2.45, 2.75) is 45.3 Å². The van der Waals surface area contributed by atoms with Crippen molar-refractivity contribution in [3.8, 4) is 0 Å². The van der Waals surface area contributed by atoms with Crippen molar-refractivity contribution in [3.63, 3.8) is 0 Å². The Kier molecular flexibility index (Phi) is 6.42. The fourth-order valence-electron chi connectivity index (χ4n) is 2.06. The Morgan fingerprint density at radius 3 is 2.55 bits per heavy atom. The monoisotopic (exact) mass is 287 g/mol. The molecule has 1 rings (SSSR count). The number of carbonyl (C=O) groups excluding carboxylic acids is 2. The van der Waals surface area contributed by atoms with Gasteiger partial charge in [-0.1, -0.05) is 0 Å². The van der Waals surface area contributed by atoms with Gasteiger partial charge in [0.25, 0.3) is 0 Å². The van der Waals surface area contributed by atoms with Gasteiger partial charge < -0.3 is 19.1 Å². The average Bonchev–Trinajstić information content (AvgIpc) is 2.81. The van der Waals surface area contributed by atoms with Gasteiger partial charge in [-0.2, -0.15) is 0 Å². The summed E-state index contributed by atoms with van der Waals surface area (Å²) >= 11 is 0. The van der Waals surface area contributed by atoms with Crippen LogP contribution < -0.4 is 0 Å². The number of nitrogens with zero attached hydrogens (tertiary/aromatic N) is 1. The van der Waals surface area contributed by atoms with Crippen LogP contribution >= 0.6 is 0 Å². The number of hydrogen-bond donors (Lipinski definition) is 0. The normalized spacial score (nSPS) is 19.2. The summed E-state index contributed by atoms with van der Waals surface area (Å²) in [5.74, 6) is -0.505. The maximum absolute atomic E-state index is 12.1. The number of hydrogen-bond acceptors (Lipinski definition) is 5. The van der Waals surface area contributed by atoms with Crippen LogP contribution in [0.3, 0.4) is 0 Å². The molecule has 1 fully saturated rings. The van der Waals surface area contributed by atoms with Crippen molar-refractivity contribution < 1.29 is 23.8 Å². The third-order valence-corrected chi connectivity index (χ3v) is 2.91. The molecule has 0 saturated carbocycles. The molecule has 0 radical (unpaired) electrons. The van der Waals surface area contributed by atoms with Crippen LogP contribution in [0.25, 0.3) is 0 Å². The van der Waals surface area contributed by atoms with E-state index in [1.54, 1.807) is 12.0 Å². The summed E-state index contributed by atoms with van der Waals surface area (Å²) in [5, 5.41) is 0. The lowest BCUT2D eigenvalue weighted by Crippen LogP contribution is -2.45. The van der Waals surface area contributed by atoms with E-state index in [0.717, 1.165) is 6.42 Å². The molecule has 6 nitrogen and oxygen atoms in total. The smallest absolute Gasteiger partial charge is 0.329 e. The van der Waals surface area contributed by atoms with E-state index in [2.05, 4.69) is 0 Å². The lowest BCUT2D eigenvalue weighted by Gasteiger charge is -2.27. The summed E-state index contributed by atoms with van der Waals surface area (Å²) in [5.41, 5.74) is -0.538. The van der Waals surface area contributed by atoms with Crippen molar-refractivity contribution >= 4 is 11.9 Å². The molecule has 1 amide bonds. The van der Waals surface area contributed by atoms with Crippen LogP contribution in [0.2, 0.25) is 0 Å². The second kappa shape index (κ2) is 7.59. The highest BCUT2D eigenvalue weighted by Crippen LogP contribution is 2.21. The highest BCUT2D eigenvalue weighted by atomic mass is 16.6. The molecule has 0 bridgehead atoms. The van der Waals surface area contributed by atoms with E-state index in [-0.39, 0.29) is 18.5 Å². The first-order valence-electron chi connectivity index (χ1n) is 6.94. The molecule has 0 aromatic rings. The Morgan fingerprint density at radius 1 is 1.25 bits per heavy atom. The van der Waals surface area contributed by atoms with Crippen LogP contribution in [-0.4, -0.2) is 61.9 Å². The van der Waals surface area contributed by atoms with Gasteiger partial charge in [0.15, 0.2) is 0 Å². The van der Waals surface area contributed by atoms with Gasteiger partial charge in [-0.15, -0.1) is 0 Å². The second-order valence-electron chi connectivity index (χ2n) is 5.82. The first-order valence-corrected chi connectivity index (χ1v) is 6.94. The van der Waals surface area contributed by atoms with Crippen LogP contribution in [0.15, 0.2) is 0 Å². The van der Waals surface area contributed by atoms with Crippen molar-refractivity contribution in [1.82, 2.24) is 4.90 Å². The third kappa shape index (κ3) is 5.46. The molecule has 20 heavy (non-hydrogen) atoms.